The molecule has 0 saturated carbocycles. The number of aryl methyl sites for hydroxylation is 2. The van der Waals surface area contributed by atoms with Gasteiger partial charge >= 0.3 is 5.97 Å². The van der Waals surface area contributed by atoms with Crippen LogP contribution in [0.4, 0.5) is 0 Å². The average Bonchev–Trinajstić information content (AvgIpc) is 2.30. The van der Waals surface area contributed by atoms with E-state index in [-0.39, 0.29) is 12.2 Å². The van der Waals surface area contributed by atoms with Crippen LogP contribution in [0.2, 0.25) is 0 Å². The lowest BCUT2D eigenvalue weighted by Crippen LogP contribution is -2.31. The van der Waals surface area contributed by atoms with E-state index in [2.05, 4.69) is 0 Å². The molecule has 0 aromatic heterocycles. The van der Waals surface area contributed by atoms with Crippen molar-refractivity contribution in [2.24, 2.45) is 5.92 Å². The van der Waals surface area contributed by atoms with Crippen molar-refractivity contribution in [2.75, 3.05) is 0 Å². The van der Waals surface area contributed by atoms with E-state index in [9.17, 15) is 9.59 Å². The summed E-state index contributed by atoms with van der Waals surface area (Å²) in [5.74, 6) is -1.29. The summed E-state index contributed by atoms with van der Waals surface area (Å²) < 4.78 is 5.24. The summed E-state index contributed by atoms with van der Waals surface area (Å²) in [6.07, 6.45) is 0.265. The molecule has 0 aliphatic rings. The minimum atomic E-state index is -0.726. The fourth-order valence-corrected chi connectivity index (χ4v) is 1.79. The van der Waals surface area contributed by atoms with Gasteiger partial charge in [-0.05, 0) is 58.2 Å². The van der Waals surface area contributed by atoms with Crippen LogP contribution < -0.4 is 0 Å². The SMILES string of the molecule is Cc1ccc(CC(=O)C(C)C(=O)OC(C)(C)C)cc1C. The molecule has 0 aliphatic heterocycles. The fourth-order valence-electron chi connectivity index (χ4n) is 1.79. The molecule has 110 valence electrons. The molecule has 20 heavy (non-hydrogen) atoms. The first-order chi connectivity index (χ1) is 9.10. The molecule has 1 unspecified atom stereocenters. The molecule has 1 aromatic carbocycles. The Kier molecular flexibility index (Phi) is 5.09. The van der Waals surface area contributed by atoms with Crippen LogP contribution in [0, 0.1) is 19.8 Å². The molecule has 0 bridgehead atoms. The van der Waals surface area contributed by atoms with Crippen LogP contribution in [-0.4, -0.2) is 17.4 Å². The first-order valence-corrected chi connectivity index (χ1v) is 6.92. The minimum absolute atomic E-state index is 0.109. The number of rotatable bonds is 4. The van der Waals surface area contributed by atoms with Crippen LogP contribution >= 0.6 is 0 Å². The Morgan fingerprint density at radius 2 is 1.75 bits per heavy atom. The molecule has 0 fully saturated rings. The monoisotopic (exact) mass is 276 g/mol. The van der Waals surface area contributed by atoms with Gasteiger partial charge in [-0.1, -0.05) is 18.2 Å². The fraction of sp³-hybridized carbons (Fsp3) is 0.529. The Balaban J connectivity index is 2.70. The zero-order valence-corrected chi connectivity index (χ0v) is 13.2. The van der Waals surface area contributed by atoms with E-state index in [1.807, 2.05) is 32.0 Å². The molecular formula is C17H24O3. The number of ketones is 1. The number of hydrogen-bond acceptors (Lipinski definition) is 3. The van der Waals surface area contributed by atoms with E-state index in [1.54, 1.807) is 27.7 Å². The molecule has 1 atom stereocenters. The molecule has 1 aromatic rings. The molecule has 3 nitrogen and oxygen atoms in total. The Morgan fingerprint density at radius 3 is 2.25 bits per heavy atom. The lowest BCUT2D eigenvalue weighted by Gasteiger charge is -2.21. The van der Waals surface area contributed by atoms with Crippen LogP contribution in [0.15, 0.2) is 18.2 Å². The quantitative estimate of drug-likeness (QED) is 0.625. The highest BCUT2D eigenvalue weighted by atomic mass is 16.6. The molecule has 0 radical (unpaired) electrons. The van der Waals surface area contributed by atoms with Crippen molar-refractivity contribution in [2.45, 2.75) is 53.6 Å². The highest BCUT2D eigenvalue weighted by Gasteiger charge is 2.26. The molecule has 0 saturated heterocycles. The Labute approximate surface area is 121 Å². The van der Waals surface area contributed by atoms with E-state index < -0.39 is 17.5 Å². The van der Waals surface area contributed by atoms with Crippen LogP contribution in [0.5, 0.6) is 0 Å². The van der Waals surface area contributed by atoms with Gasteiger partial charge in [-0.25, -0.2) is 0 Å². The highest BCUT2D eigenvalue weighted by molar-refractivity contribution is 5.99. The summed E-state index contributed by atoms with van der Waals surface area (Å²) in [6.45, 7) is 11.0. The van der Waals surface area contributed by atoms with Crippen LogP contribution in [-0.2, 0) is 20.7 Å². The third kappa shape index (κ3) is 4.80. The average molecular weight is 276 g/mol. The Bertz CT molecular complexity index is 509. The number of Topliss-reactive ketones (excluding diaryl/α,β-unsaturated/α-hetero) is 1. The molecule has 0 aliphatic carbocycles. The van der Waals surface area contributed by atoms with Crippen molar-refractivity contribution in [3.8, 4) is 0 Å². The van der Waals surface area contributed by atoms with Gasteiger partial charge in [0.05, 0.1) is 0 Å². The number of esters is 1. The van der Waals surface area contributed by atoms with Gasteiger partial charge in [-0.2, -0.15) is 0 Å². The lowest BCUT2D eigenvalue weighted by molar-refractivity contribution is -0.161. The maximum Gasteiger partial charge on any atom is 0.316 e. The largest absolute Gasteiger partial charge is 0.459 e. The smallest absolute Gasteiger partial charge is 0.316 e. The first kappa shape index (κ1) is 16.4. The summed E-state index contributed by atoms with van der Waals surface area (Å²) in [6, 6.07) is 5.92. The normalized spacial score (nSPS) is 12.9. The third-order valence-corrected chi connectivity index (χ3v) is 3.19. The van der Waals surface area contributed by atoms with Gasteiger partial charge in [0.1, 0.15) is 11.5 Å². The first-order valence-electron chi connectivity index (χ1n) is 6.92. The molecule has 0 N–H and O–H groups in total. The van der Waals surface area contributed by atoms with Crippen molar-refractivity contribution in [3.05, 3.63) is 34.9 Å². The topological polar surface area (TPSA) is 43.4 Å². The Morgan fingerprint density at radius 1 is 1.15 bits per heavy atom. The zero-order valence-electron chi connectivity index (χ0n) is 13.2. The van der Waals surface area contributed by atoms with Gasteiger partial charge in [0.15, 0.2) is 5.78 Å². The molecule has 0 heterocycles. The predicted octanol–water partition coefficient (Wildman–Crippen LogP) is 3.39. The zero-order chi connectivity index (χ0) is 15.5. The van der Waals surface area contributed by atoms with Crippen molar-refractivity contribution in [1.82, 2.24) is 0 Å². The van der Waals surface area contributed by atoms with E-state index in [0.717, 1.165) is 11.1 Å². The number of benzene rings is 1. The number of carbonyl (C=O) groups is 2. The van der Waals surface area contributed by atoms with E-state index in [4.69, 9.17) is 4.74 Å². The van der Waals surface area contributed by atoms with Gasteiger partial charge < -0.3 is 4.74 Å². The van der Waals surface area contributed by atoms with Crippen LogP contribution in [0.1, 0.15) is 44.4 Å². The summed E-state index contributed by atoms with van der Waals surface area (Å²) in [7, 11) is 0. The summed E-state index contributed by atoms with van der Waals surface area (Å²) in [5.41, 5.74) is 2.72. The second-order valence-electron chi connectivity index (χ2n) is 6.32. The van der Waals surface area contributed by atoms with Crippen molar-refractivity contribution < 1.29 is 14.3 Å². The van der Waals surface area contributed by atoms with Crippen LogP contribution in [0.25, 0.3) is 0 Å². The molecular weight excluding hydrogens is 252 g/mol. The van der Waals surface area contributed by atoms with Gasteiger partial charge in [0, 0.05) is 6.42 Å². The van der Waals surface area contributed by atoms with Crippen LogP contribution in [0.3, 0.4) is 0 Å². The number of hydrogen-bond donors (Lipinski definition) is 0. The van der Waals surface area contributed by atoms with Gasteiger partial charge in [-0.3, -0.25) is 9.59 Å². The molecule has 3 heteroatoms. The molecule has 0 spiro atoms. The van der Waals surface area contributed by atoms with E-state index in [1.165, 1.54) is 5.56 Å². The maximum absolute atomic E-state index is 12.1. The van der Waals surface area contributed by atoms with Crippen molar-refractivity contribution >= 4 is 11.8 Å². The van der Waals surface area contributed by atoms with Crippen molar-refractivity contribution in [3.63, 3.8) is 0 Å². The predicted molar refractivity (Wildman–Crippen MR) is 79.6 cm³/mol. The summed E-state index contributed by atoms with van der Waals surface area (Å²) >= 11 is 0. The second kappa shape index (κ2) is 6.21. The Hall–Kier alpha value is -1.64. The number of carbonyl (C=O) groups excluding carboxylic acids is 2. The van der Waals surface area contributed by atoms with Gasteiger partial charge in [-0.15, -0.1) is 0 Å². The maximum atomic E-state index is 12.1. The summed E-state index contributed by atoms with van der Waals surface area (Å²) in [4.78, 5) is 24.0. The van der Waals surface area contributed by atoms with E-state index in [0.29, 0.717) is 0 Å². The van der Waals surface area contributed by atoms with Gasteiger partial charge in [0.2, 0.25) is 0 Å². The number of ether oxygens (including phenoxy) is 1. The second-order valence-corrected chi connectivity index (χ2v) is 6.32. The third-order valence-electron chi connectivity index (χ3n) is 3.19. The highest BCUT2D eigenvalue weighted by Crippen LogP contribution is 2.15. The van der Waals surface area contributed by atoms with Crippen molar-refractivity contribution in [1.29, 1.82) is 0 Å². The lowest BCUT2D eigenvalue weighted by atomic mass is 9.97. The minimum Gasteiger partial charge on any atom is -0.459 e. The standard InChI is InChI=1S/C17H24O3/c1-11-7-8-14(9-12(11)2)10-15(18)13(3)16(19)20-17(4,5)6/h7-9,13H,10H2,1-6H3. The molecule has 1 rings (SSSR count). The summed E-state index contributed by atoms with van der Waals surface area (Å²) in [5, 5.41) is 0. The van der Waals surface area contributed by atoms with Gasteiger partial charge in [0.25, 0.3) is 0 Å². The molecule has 0 amide bonds. The van der Waals surface area contributed by atoms with E-state index >= 15 is 0 Å².